The number of aliphatic carboxylic acids is 1. The minimum atomic E-state index is -0.807. The average molecular weight is 536 g/mol. The highest BCUT2D eigenvalue weighted by molar-refractivity contribution is 5.76. The van der Waals surface area contributed by atoms with Gasteiger partial charge in [0.15, 0.2) is 0 Å². The highest BCUT2D eigenvalue weighted by atomic mass is 16.5. The van der Waals surface area contributed by atoms with E-state index >= 15 is 0 Å². The zero-order chi connectivity index (χ0) is 27.4. The molecule has 212 valence electrons. The molecule has 4 heterocycles. The molecule has 3 aliphatic heterocycles. The third-order valence-corrected chi connectivity index (χ3v) is 9.14. The van der Waals surface area contributed by atoms with Gasteiger partial charge in [-0.3, -0.25) is 9.69 Å². The summed E-state index contributed by atoms with van der Waals surface area (Å²) in [5, 5.41) is 13.7. The third-order valence-electron chi connectivity index (χ3n) is 9.14. The monoisotopic (exact) mass is 535 g/mol. The maximum atomic E-state index is 12.6. The number of unbranched alkanes of at least 4 members (excludes halogenated alkanes) is 1. The molecule has 4 atom stereocenters. The number of fused-ring (bicyclic) bond motifs is 1. The maximum absolute atomic E-state index is 12.6. The van der Waals surface area contributed by atoms with Crippen LogP contribution in [0.5, 0.6) is 0 Å². The first-order valence-electron chi connectivity index (χ1n) is 14.8. The van der Waals surface area contributed by atoms with Gasteiger partial charge in [0.25, 0.3) is 0 Å². The van der Waals surface area contributed by atoms with Gasteiger partial charge in [-0.05, 0) is 79.0 Å². The van der Waals surface area contributed by atoms with E-state index in [0.29, 0.717) is 25.7 Å². The van der Waals surface area contributed by atoms with Crippen molar-refractivity contribution in [3.63, 3.8) is 0 Å². The summed E-state index contributed by atoms with van der Waals surface area (Å²) in [5.41, 5.74) is 4.48. The molecule has 2 fully saturated rings. The molecule has 1 aromatic heterocycles. The van der Waals surface area contributed by atoms with Crippen LogP contribution in [-0.4, -0.2) is 59.9 Å². The number of nitrogens with one attached hydrogen (secondary N) is 1. The average Bonchev–Trinajstić information content (AvgIpc) is 3.38. The molecule has 0 spiro atoms. The van der Waals surface area contributed by atoms with E-state index in [-0.39, 0.29) is 17.6 Å². The number of pyridine rings is 1. The molecule has 7 heteroatoms. The van der Waals surface area contributed by atoms with Gasteiger partial charge in [0.05, 0.1) is 18.8 Å². The molecule has 5 rings (SSSR count). The number of carboxylic acids is 1. The predicted octanol–water partition coefficient (Wildman–Crippen LogP) is 5.80. The summed E-state index contributed by atoms with van der Waals surface area (Å²) < 4.78 is 12.5. The Morgan fingerprint density at radius 3 is 2.92 bits per heavy atom. The van der Waals surface area contributed by atoms with E-state index in [1.54, 1.807) is 0 Å². The first-order valence-corrected chi connectivity index (χ1v) is 14.8. The Bertz CT molecular complexity index is 1140. The lowest BCUT2D eigenvalue weighted by molar-refractivity contribution is -0.143. The number of nitrogens with zero attached hydrogens (tertiary/aromatic N) is 2. The summed E-state index contributed by atoms with van der Waals surface area (Å²) in [5.74, 6) is 0.724. The zero-order valence-electron chi connectivity index (χ0n) is 23.8. The fourth-order valence-corrected chi connectivity index (χ4v) is 6.25. The molecule has 2 aromatic rings. The summed E-state index contributed by atoms with van der Waals surface area (Å²) in [4.78, 5) is 19.5. The second-order valence-corrected chi connectivity index (χ2v) is 12.4. The van der Waals surface area contributed by atoms with Crippen molar-refractivity contribution < 1.29 is 19.4 Å². The van der Waals surface area contributed by atoms with Crippen molar-refractivity contribution in [2.45, 2.75) is 84.0 Å². The van der Waals surface area contributed by atoms with E-state index in [4.69, 9.17) is 14.5 Å². The van der Waals surface area contributed by atoms with Crippen LogP contribution < -0.4 is 5.32 Å². The Hall–Kier alpha value is -2.48. The van der Waals surface area contributed by atoms with E-state index in [2.05, 4.69) is 49.2 Å². The van der Waals surface area contributed by atoms with E-state index in [1.165, 1.54) is 12.0 Å². The van der Waals surface area contributed by atoms with Crippen LogP contribution in [0.4, 0.5) is 5.82 Å². The molecule has 3 aliphatic rings. The second kappa shape index (κ2) is 12.4. The van der Waals surface area contributed by atoms with Crippen molar-refractivity contribution in [1.29, 1.82) is 0 Å². The lowest BCUT2D eigenvalue weighted by atomic mass is 9.72. The number of rotatable bonds is 10. The zero-order valence-corrected chi connectivity index (χ0v) is 23.8. The molecular formula is C32H45N3O4. The molecule has 2 saturated heterocycles. The number of carboxylic acid groups (broad SMARTS) is 1. The fraction of sp³-hybridized carbons (Fsp3) is 0.625. The first kappa shape index (κ1) is 28.1. The van der Waals surface area contributed by atoms with Crippen LogP contribution in [0, 0.1) is 11.3 Å². The highest BCUT2D eigenvalue weighted by Crippen LogP contribution is 2.45. The van der Waals surface area contributed by atoms with Crippen LogP contribution in [0.1, 0.15) is 87.4 Å². The van der Waals surface area contributed by atoms with Gasteiger partial charge in [-0.25, -0.2) is 4.98 Å². The van der Waals surface area contributed by atoms with Crippen molar-refractivity contribution in [3.05, 3.63) is 58.8 Å². The van der Waals surface area contributed by atoms with Crippen molar-refractivity contribution in [1.82, 2.24) is 9.88 Å². The number of likely N-dealkylation sites (tertiary alicyclic amines) is 1. The number of ether oxygens (including phenoxy) is 2. The normalized spacial score (nSPS) is 25.6. The van der Waals surface area contributed by atoms with Gasteiger partial charge >= 0.3 is 5.97 Å². The van der Waals surface area contributed by atoms with Gasteiger partial charge < -0.3 is 19.9 Å². The Kier molecular flexibility index (Phi) is 8.89. The molecule has 2 N–H and O–H groups in total. The van der Waals surface area contributed by atoms with Gasteiger partial charge in [-0.2, -0.15) is 0 Å². The number of carbonyl (C=O) groups is 1. The number of hydrogen-bond acceptors (Lipinski definition) is 6. The maximum Gasteiger partial charge on any atom is 0.325 e. The Morgan fingerprint density at radius 2 is 2.10 bits per heavy atom. The van der Waals surface area contributed by atoms with E-state index in [1.807, 2.05) is 18.2 Å². The van der Waals surface area contributed by atoms with E-state index in [0.717, 1.165) is 74.3 Å². The van der Waals surface area contributed by atoms with Gasteiger partial charge in [-0.1, -0.05) is 51.1 Å². The minimum Gasteiger partial charge on any atom is -0.480 e. The molecular weight excluding hydrogens is 490 g/mol. The van der Waals surface area contributed by atoms with Crippen LogP contribution in [0.3, 0.4) is 0 Å². The number of anilines is 1. The van der Waals surface area contributed by atoms with Gasteiger partial charge in [0.2, 0.25) is 0 Å². The van der Waals surface area contributed by atoms with E-state index < -0.39 is 12.0 Å². The Labute approximate surface area is 233 Å². The predicted molar refractivity (Wildman–Crippen MR) is 153 cm³/mol. The second-order valence-electron chi connectivity index (χ2n) is 12.4. The lowest BCUT2D eigenvalue weighted by Crippen LogP contribution is -2.37. The molecule has 1 unspecified atom stereocenters. The molecule has 0 aliphatic carbocycles. The van der Waals surface area contributed by atoms with Crippen LogP contribution in [0.25, 0.3) is 0 Å². The molecule has 0 radical (unpaired) electrons. The smallest absolute Gasteiger partial charge is 0.325 e. The number of aromatic nitrogens is 1. The summed E-state index contributed by atoms with van der Waals surface area (Å²) in [7, 11) is 0. The first-order chi connectivity index (χ1) is 18.8. The molecule has 39 heavy (non-hydrogen) atoms. The molecule has 7 nitrogen and oxygen atoms in total. The fourth-order valence-electron chi connectivity index (χ4n) is 6.25. The third kappa shape index (κ3) is 6.64. The van der Waals surface area contributed by atoms with Gasteiger partial charge in [0.1, 0.15) is 11.9 Å². The summed E-state index contributed by atoms with van der Waals surface area (Å²) in [6.07, 6.45) is 6.98. The number of aryl methyl sites for hydroxylation is 2. The van der Waals surface area contributed by atoms with Crippen LogP contribution in [0.15, 0.2) is 36.4 Å². The van der Waals surface area contributed by atoms with Crippen molar-refractivity contribution in [3.8, 4) is 0 Å². The molecule has 0 saturated carbocycles. The summed E-state index contributed by atoms with van der Waals surface area (Å²) in [6.45, 7) is 10.6. The summed E-state index contributed by atoms with van der Waals surface area (Å²) >= 11 is 0. The molecule has 0 bridgehead atoms. The van der Waals surface area contributed by atoms with Crippen LogP contribution in [0.2, 0.25) is 0 Å². The minimum absolute atomic E-state index is 0.0656. The van der Waals surface area contributed by atoms with Crippen molar-refractivity contribution in [2.75, 3.05) is 38.2 Å². The Morgan fingerprint density at radius 1 is 1.26 bits per heavy atom. The lowest BCUT2D eigenvalue weighted by Gasteiger charge is -2.42. The number of benzene rings is 1. The number of hydrogen-bond donors (Lipinski definition) is 2. The van der Waals surface area contributed by atoms with E-state index in [9.17, 15) is 9.90 Å². The standard InChI is InChI=1S/C32H45N3O4/c1-22-21-39-28(19-32(22,2)3)26-11-4-5-12-27(26)29(31(36)37)35-17-15-25(20-35)38-18-7-6-10-24-14-13-23-9-8-16-33-30(23)34-24/h4-5,11-14,22,25,28-29H,6-10,15-21H2,1-3H3,(H,33,34)(H,36,37)/t22?,25-,28+,29-/m1/s1. The van der Waals surface area contributed by atoms with Crippen LogP contribution in [-0.2, 0) is 27.1 Å². The van der Waals surface area contributed by atoms with Crippen LogP contribution >= 0.6 is 0 Å². The van der Waals surface area contributed by atoms with Crippen molar-refractivity contribution >= 4 is 11.8 Å². The van der Waals surface area contributed by atoms with Gasteiger partial charge in [-0.15, -0.1) is 0 Å². The Balaban J connectivity index is 1.14. The van der Waals surface area contributed by atoms with Crippen molar-refractivity contribution in [2.24, 2.45) is 11.3 Å². The topological polar surface area (TPSA) is 83.9 Å². The largest absolute Gasteiger partial charge is 0.480 e. The molecule has 1 aromatic carbocycles. The highest BCUT2D eigenvalue weighted by Gasteiger charge is 2.39. The SMILES string of the molecule is CC1CO[C@H](c2ccccc2[C@H](C(=O)O)N2CC[C@@H](OCCCCc3ccc4c(n3)NCCC4)C2)CC1(C)C. The summed E-state index contributed by atoms with van der Waals surface area (Å²) in [6, 6.07) is 11.7. The quantitative estimate of drug-likeness (QED) is 0.372. The van der Waals surface area contributed by atoms with Gasteiger partial charge in [0, 0.05) is 31.9 Å². The molecule has 0 amide bonds.